The first-order valence-corrected chi connectivity index (χ1v) is 10.4. The molecule has 3 atom stereocenters. The van der Waals surface area contributed by atoms with Gasteiger partial charge in [0.15, 0.2) is 0 Å². The second kappa shape index (κ2) is 12.3. The van der Waals surface area contributed by atoms with E-state index in [-0.39, 0.29) is 19.3 Å². The third-order valence-corrected chi connectivity index (χ3v) is 4.98. The van der Waals surface area contributed by atoms with Gasteiger partial charge in [-0.3, -0.25) is 19.2 Å². The van der Waals surface area contributed by atoms with Crippen LogP contribution in [0.1, 0.15) is 18.4 Å². The molecule has 13 nitrogen and oxygen atoms in total. The lowest BCUT2D eigenvalue weighted by Gasteiger charge is -2.21. The minimum Gasteiger partial charge on any atom is -0.481 e. The normalized spacial score (nSPS) is 13.5. The number of aromatic amines is 1. The van der Waals surface area contributed by atoms with Crippen LogP contribution in [0.4, 0.5) is 0 Å². The molecule has 0 aliphatic rings. The first-order chi connectivity index (χ1) is 16.1. The molecule has 1 aromatic heterocycles. The Labute approximate surface area is 193 Å². The highest BCUT2D eigenvalue weighted by atomic mass is 16.4. The lowest BCUT2D eigenvalue weighted by atomic mass is 10.0. The zero-order valence-electron chi connectivity index (χ0n) is 18.1. The average molecular weight is 477 g/mol. The number of fused-ring (bicyclic) bond motifs is 1. The molecule has 0 fully saturated rings. The van der Waals surface area contributed by atoms with E-state index in [2.05, 4.69) is 15.6 Å². The molecule has 0 bridgehead atoms. The molecule has 184 valence electrons. The van der Waals surface area contributed by atoms with Gasteiger partial charge in [0.05, 0.1) is 19.2 Å². The van der Waals surface area contributed by atoms with Gasteiger partial charge in [0.2, 0.25) is 17.7 Å². The highest BCUT2D eigenvalue weighted by molar-refractivity contribution is 5.93. The third-order valence-electron chi connectivity index (χ3n) is 4.98. The number of H-pyrrole nitrogens is 1. The molecule has 2 rings (SSSR count). The van der Waals surface area contributed by atoms with Crippen molar-refractivity contribution in [2.75, 3.05) is 13.2 Å². The SMILES string of the molecule is NC(CCC(=O)O)C(=O)NC(Cc1c[nH]c2ccccc12)C(=O)NCC(=O)NC(CO)C(=O)O. The molecule has 3 amide bonds. The Morgan fingerprint density at radius 1 is 1.00 bits per heavy atom. The number of amides is 3. The number of para-hydroxylation sites is 1. The molecule has 9 N–H and O–H groups in total. The lowest BCUT2D eigenvalue weighted by Crippen LogP contribution is -2.54. The number of nitrogens with one attached hydrogen (secondary N) is 4. The summed E-state index contributed by atoms with van der Waals surface area (Å²) < 4.78 is 0. The van der Waals surface area contributed by atoms with Crippen LogP contribution in [0.5, 0.6) is 0 Å². The van der Waals surface area contributed by atoms with Crippen molar-refractivity contribution in [1.82, 2.24) is 20.9 Å². The van der Waals surface area contributed by atoms with Gasteiger partial charge in [-0.2, -0.15) is 0 Å². The number of rotatable bonds is 13. The molecule has 13 heteroatoms. The smallest absolute Gasteiger partial charge is 0.328 e. The summed E-state index contributed by atoms with van der Waals surface area (Å²) in [6, 6.07) is 3.43. The molecule has 3 unspecified atom stereocenters. The van der Waals surface area contributed by atoms with E-state index in [1.165, 1.54) is 0 Å². The van der Waals surface area contributed by atoms with Crippen LogP contribution in [0.25, 0.3) is 10.9 Å². The topological polar surface area (TPSA) is 224 Å². The van der Waals surface area contributed by atoms with Crippen LogP contribution < -0.4 is 21.7 Å². The van der Waals surface area contributed by atoms with Crippen LogP contribution >= 0.6 is 0 Å². The van der Waals surface area contributed by atoms with Gasteiger partial charge in [-0.1, -0.05) is 18.2 Å². The Morgan fingerprint density at radius 3 is 2.35 bits per heavy atom. The Kier molecular flexibility index (Phi) is 9.52. The number of aliphatic hydroxyl groups is 1. The predicted octanol–water partition coefficient (Wildman–Crippen LogP) is -1.93. The summed E-state index contributed by atoms with van der Waals surface area (Å²) >= 11 is 0. The van der Waals surface area contributed by atoms with E-state index >= 15 is 0 Å². The van der Waals surface area contributed by atoms with Gasteiger partial charge in [-0.15, -0.1) is 0 Å². The van der Waals surface area contributed by atoms with Crippen LogP contribution in [-0.2, 0) is 30.4 Å². The van der Waals surface area contributed by atoms with Crippen molar-refractivity contribution < 1.29 is 39.3 Å². The van der Waals surface area contributed by atoms with Crippen molar-refractivity contribution in [3.05, 3.63) is 36.0 Å². The first-order valence-electron chi connectivity index (χ1n) is 10.4. The number of aliphatic hydroxyl groups excluding tert-OH is 1. The van der Waals surface area contributed by atoms with Crippen LogP contribution in [0, 0.1) is 0 Å². The van der Waals surface area contributed by atoms with Gasteiger partial charge in [0.1, 0.15) is 12.1 Å². The molecule has 2 aromatic rings. The number of nitrogens with two attached hydrogens (primary N) is 1. The Hall–Kier alpha value is -3.97. The van der Waals surface area contributed by atoms with Crippen LogP contribution in [0.3, 0.4) is 0 Å². The molecule has 0 saturated heterocycles. The molecular formula is C21H27N5O8. The highest BCUT2D eigenvalue weighted by Gasteiger charge is 2.26. The summed E-state index contributed by atoms with van der Waals surface area (Å²) in [7, 11) is 0. The van der Waals surface area contributed by atoms with E-state index in [0.717, 1.165) is 10.9 Å². The maximum atomic E-state index is 12.8. The van der Waals surface area contributed by atoms with Crippen LogP contribution in [-0.4, -0.2) is 81.2 Å². The maximum Gasteiger partial charge on any atom is 0.328 e. The van der Waals surface area contributed by atoms with E-state index in [1.54, 1.807) is 12.3 Å². The molecule has 0 radical (unpaired) electrons. The monoisotopic (exact) mass is 477 g/mol. The third kappa shape index (κ3) is 7.56. The van der Waals surface area contributed by atoms with E-state index in [1.807, 2.05) is 23.5 Å². The van der Waals surface area contributed by atoms with Gasteiger partial charge < -0.3 is 42.0 Å². The van der Waals surface area contributed by atoms with Crippen molar-refractivity contribution in [3.63, 3.8) is 0 Å². The highest BCUT2D eigenvalue weighted by Crippen LogP contribution is 2.19. The van der Waals surface area contributed by atoms with Gasteiger partial charge in [-0.05, 0) is 18.1 Å². The van der Waals surface area contributed by atoms with Crippen molar-refractivity contribution in [2.45, 2.75) is 37.4 Å². The van der Waals surface area contributed by atoms with E-state index < -0.39 is 60.9 Å². The molecule has 1 heterocycles. The molecule has 0 aliphatic carbocycles. The van der Waals surface area contributed by atoms with Gasteiger partial charge in [0, 0.05) is 29.9 Å². The fourth-order valence-electron chi connectivity index (χ4n) is 3.14. The van der Waals surface area contributed by atoms with Gasteiger partial charge in [-0.25, -0.2) is 4.79 Å². The number of carbonyl (C=O) groups is 5. The van der Waals surface area contributed by atoms with Gasteiger partial charge in [0.25, 0.3) is 0 Å². The molecule has 34 heavy (non-hydrogen) atoms. The molecule has 0 aliphatic heterocycles. The van der Waals surface area contributed by atoms with Crippen LogP contribution in [0.15, 0.2) is 30.5 Å². The fourth-order valence-corrected chi connectivity index (χ4v) is 3.14. The number of hydrogen-bond donors (Lipinski definition) is 8. The Bertz CT molecular complexity index is 1050. The minimum absolute atomic E-state index is 0.0310. The predicted molar refractivity (Wildman–Crippen MR) is 118 cm³/mol. The molecule has 0 spiro atoms. The number of carbonyl (C=O) groups excluding carboxylic acids is 3. The first kappa shape index (κ1) is 26.3. The number of aromatic nitrogens is 1. The van der Waals surface area contributed by atoms with E-state index in [9.17, 15) is 24.0 Å². The Balaban J connectivity index is 2.11. The molecule has 0 saturated carbocycles. The number of carboxylic acid groups (broad SMARTS) is 2. The second-order valence-electron chi connectivity index (χ2n) is 7.52. The summed E-state index contributed by atoms with van der Waals surface area (Å²) in [4.78, 5) is 61.9. The van der Waals surface area contributed by atoms with E-state index in [4.69, 9.17) is 21.1 Å². The van der Waals surface area contributed by atoms with Crippen molar-refractivity contribution >= 4 is 40.6 Å². The minimum atomic E-state index is -1.53. The number of aliphatic carboxylic acids is 2. The molecular weight excluding hydrogens is 450 g/mol. The fraction of sp³-hybridized carbons (Fsp3) is 0.381. The zero-order valence-corrected chi connectivity index (χ0v) is 18.1. The summed E-state index contributed by atoms with van der Waals surface area (Å²) in [5, 5.41) is 34.3. The summed E-state index contributed by atoms with van der Waals surface area (Å²) in [6.45, 7) is -1.43. The number of hydrogen-bond acceptors (Lipinski definition) is 7. The van der Waals surface area contributed by atoms with Crippen molar-refractivity contribution in [3.8, 4) is 0 Å². The standard InChI is InChI=1S/C21H27N5O8/c22-13(5-6-18(29)30)19(31)26-15(7-11-8-23-14-4-2-1-3-12(11)14)20(32)24-9-17(28)25-16(10-27)21(33)34/h1-4,8,13,15-16,23,27H,5-7,9-10,22H2,(H,24,32)(H,25,28)(H,26,31)(H,29,30)(H,33,34). The summed E-state index contributed by atoms with van der Waals surface area (Å²) in [5.41, 5.74) is 7.25. The average Bonchev–Trinajstić information content (AvgIpc) is 3.21. The largest absolute Gasteiger partial charge is 0.481 e. The number of benzene rings is 1. The van der Waals surface area contributed by atoms with Crippen molar-refractivity contribution in [2.24, 2.45) is 5.73 Å². The van der Waals surface area contributed by atoms with Gasteiger partial charge >= 0.3 is 11.9 Å². The number of carboxylic acids is 2. The molecule has 1 aromatic carbocycles. The summed E-state index contributed by atoms with van der Waals surface area (Å²) in [5.74, 6) is -4.90. The van der Waals surface area contributed by atoms with E-state index in [0.29, 0.717) is 5.56 Å². The maximum absolute atomic E-state index is 12.8. The lowest BCUT2D eigenvalue weighted by molar-refractivity contribution is -0.143. The van der Waals surface area contributed by atoms with Crippen LogP contribution in [0.2, 0.25) is 0 Å². The summed E-state index contributed by atoms with van der Waals surface area (Å²) in [6.07, 6.45) is 1.24. The Morgan fingerprint density at radius 2 is 1.71 bits per heavy atom. The quantitative estimate of drug-likeness (QED) is 0.160. The second-order valence-corrected chi connectivity index (χ2v) is 7.52. The zero-order chi connectivity index (χ0) is 25.3. The van der Waals surface area contributed by atoms with Crippen molar-refractivity contribution in [1.29, 1.82) is 0 Å².